The molecule has 3 N–H and O–H groups in total. The van der Waals surface area contributed by atoms with Crippen LogP contribution in [0.25, 0.3) is 0 Å². The van der Waals surface area contributed by atoms with Gasteiger partial charge in [0.1, 0.15) is 5.15 Å². The highest BCUT2D eigenvalue weighted by atomic mass is 35.5. The zero-order valence-corrected chi connectivity index (χ0v) is 8.53. The second kappa shape index (κ2) is 4.43. The lowest BCUT2D eigenvalue weighted by atomic mass is 10.0. The molecule has 0 aromatic carbocycles. The van der Waals surface area contributed by atoms with Gasteiger partial charge in [-0.05, 0) is 6.92 Å². The molecule has 0 aliphatic carbocycles. The maximum absolute atomic E-state index is 10.8. The average molecular weight is 218 g/mol. The third kappa shape index (κ3) is 1.88. The molecule has 1 unspecified atom stereocenters. The molecular weight excluding hydrogens is 206 g/mol. The number of aromatic nitrogens is 2. The summed E-state index contributed by atoms with van der Waals surface area (Å²) < 4.78 is 1.53. The fourth-order valence-electron chi connectivity index (χ4n) is 1.20. The van der Waals surface area contributed by atoms with Crippen molar-refractivity contribution in [2.24, 2.45) is 5.73 Å². The van der Waals surface area contributed by atoms with E-state index in [9.17, 15) is 4.79 Å². The van der Waals surface area contributed by atoms with E-state index in [1.807, 2.05) is 6.92 Å². The molecule has 14 heavy (non-hydrogen) atoms. The molecule has 1 aromatic heterocycles. The van der Waals surface area contributed by atoms with Crippen LogP contribution in [0.2, 0.25) is 5.15 Å². The second-order valence-electron chi connectivity index (χ2n) is 2.83. The number of carbonyl (C=O) groups is 1. The van der Waals surface area contributed by atoms with E-state index in [0.29, 0.717) is 17.3 Å². The van der Waals surface area contributed by atoms with E-state index in [4.69, 9.17) is 22.4 Å². The minimum atomic E-state index is -0.981. The molecule has 0 saturated carbocycles. The third-order valence-corrected chi connectivity index (χ3v) is 2.42. The Morgan fingerprint density at radius 2 is 2.50 bits per heavy atom. The first-order chi connectivity index (χ1) is 6.61. The van der Waals surface area contributed by atoms with Crippen LogP contribution >= 0.6 is 11.6 Å². The van der Waals surface area contributed by atoms with Gasteiger partial charge in [0.2, 0.25) is 0 Å². The lowest BCUT2D eigenvalue weighted by molar-refractivity contribution is -0.138. The number of aliphatic carboxylic acids is 1. The van der Waals surface area contributed by atoms with Crippen molar-refractivity contribution in [1.29, 1.82) is 0 Å². The highest BCUT2D eigenvalue weighted by Crippen LogP contribution is 2.23. The number of hydrogen-bond acceptors (Lipinski definition) is 3. The quantitative estimate of drug-likeness (QED) is 0.777. The van der Waals surface area contributed by atoms with Gasteiger partial charge >= 0.3 is 5.97 Å². The molecule has 0 aliphatic rings. The van der Waals surface area contributed by atoms with E-state index in [-0.39, 0.29) is 6.54 Å². The van der Waals surface area contributed by atoms with E-state index in [2.05, 4.69) is 5.10 Å². The molecule has 0 spiro atoms. The molecule has 1 rings (SSSR count). The summed E-state index contributed by atoms with van der Waals surface area (Å²) in [5, 5.41) is 13.2. The number of rotatable bonds is 4. The van der Waals surface area contributed by atoms with Crippen LogP contribution in [0.3, 0.4) is 0 Å². The van der Waals surface area contributed by atoms with Crippen molar-refractivity contribution < 1.29 is 9.90 Å². The van der Waals surface area contributed by atoms with Crippen LogP contribution in [0.4, 0.5) is 0 Å². The number of halogens is 1. The van der Waals surface area contributed by atoms with Crippen molar-refractivity contribution in [2.45, 2.75) is 19.4 Å². The number of carboxylic acid groups (broad SMARTS) is 1. The Morgan fingerprint density at radius 3 is 2.86 bits per heavy atom. The van der Waals surface area contributed by atoms with Crippen molar-refractivity contribution >= 4 is 17.6 Å². The van der Waals surface area contributed by atoms with Crippen molar-refractivity contribution in [3.63, 3.8) is 0 Å². The van der Waals surface area contributed by atoms with E-state index >= 15 is 0 Å². The van der Waals surface area contributed by atoms with Gasteiger partial charge in [-0.1, -0.05) is 11.6 Å². The average Bonchev–Trinajstić information content (AvgIpc) is 2.49. The largest absolute Gasteiger partial charge is 0.481 e. The molecular formula is C8H12ClN3O2. The lowest BCUT2D eigenvalue weighted by Gasteiger charge is -2.07. The van der Waals surface area contributed by atoms with Gasteiger partial charge < -0.3 is 10.8 Å². The molecule has 0 fully saturated rings. The summed E-state index contributed by atoms with van der Waals surface area (Å²) in [7, 11) is 0. The Morgan fingerprint density at radius 1 is 1.86 bits per heavy atom. The summed E-state index contributed by atoms with van der Waals surface area (Å²) in [6, 6.07) is 0. The molecule has 0 saturated heterocycles. The minimum absolute atomic E-state index is 0.0183. The molecule has 0 amide bonds. The maximum atomic E-state index is 10.8. The number of aryl methyl sites for hydroxylation is 1. The molecule has 1 atom stereocenters. The zero-order chi connectivity index (χ0) is 10.7. The van der Waals surface area contributed by atoms with E-state index in [0.717, 1.165) is 0 Å². The van der Waals surface area contributed by atoms with Gasteiger partial charge in [-0.15, -0.1) is 0 Å². The van der Waals surface area contributed by atoms with Crippen LogP contribution in [0.5, 0.6) is 0 Å². The fourth-order valence-corrected chi connectivity index (χ4v) is 1.54. The van der Waals surface area contributed by atoms with Crippen LogP contribution in [0.1, 0.15) is 18.4 Å². The SMILES string of the molecule is CCn1ncc(C(CN)C(=O)O)c1Cl. The molecule has 0 aliphatic heterocycles. The fraction of sp³-hybridized carbons (Fsp3) is 0.500. The van der Waals surface area contributed by atoms with Crippen molar-refractivity contribution in [2.75, 3.05) is 6.54 Å². The Hall–Kier alpha value is -1.07. The maximum Gasteiger partial charge on any atom is 0.312 e. The lowest BCUT2D eigenvalue weighted by Crippen LogP contribution is -2.21. The van der Waals surface area contributed by atoms with Gasteiger partial charge in [-0.25, -0.2) is 0 Å². The standard InChI is InChI=1S/C8H12ClN3O2/c1-2-12-7(9)6(4-11-12)5(3-10)8(13)14/h4-5H,2-3,10H2,1H3,(H,13,14). The first-order valence-corrected chi connectivity index (χ1v) is 4.63. The first-order valence-electron chi connectivity index (χ1n) is 4.25. The first kappa shape index (κ1) is 11.0. The molecule has 0 bridgehead atoms. The van der Waals surface area contributed by atoms with Crippen molar-refractivity contribution in [1.82, 2.24) is 9.78 Å². The van der Waals surface area contributed by atoms with E-state index in [1.165, 1.54) is 10.9 Å². The van der Waals surface area contributed by atoms with E-state index < -0.39 is 11.9 Å². The van der Waals surface area contributed by atoms with Gasteiger partial charge in [0.25, 0.3) is 0 Å². The van der Waals surface area contributed by atoms with Gasteiger partial charge in [0, 0.05) is 18.7 Å². The number of nitrogens with two attached hydrogens (primary N) is 1. The molecule has 1 aromatic rings. The summed E-state index contributed by atoms with van der Waals surface area (Å²) >= 11 is 5.92. The predicted molar refractivity (Wildman–Crippen MR) is 52.3 cm³/mol. The summed E-state index contributed by atoms with van der Waals surface area (Å²) in [6.45, 7) is 2.50. The number of nitrogens with zero attached hydrogens (tertiary/aromatic N) is 2. The monoisotopic (exact) mass is 217 g/mol. The highest BCUT2D eigenvalue weighted by molar-refractivity contribution is 6.30. The Kier molecular flexibility index (Phi) is 3.49. The van der Waals surface area contributed by atoms with Crippen LogP contribution in [0.15, 0.2) is 6.20 Å². The molecule has 1 heterocycles. The minimum Gasteiger partial charge on any atom is -0.481 e. The van der Waals surface area contributed by atoms with Crippen LogP contribution in [-0.2, 0) is 11.3 Å². The second-order valence-corrected chi connectivity index (χ2v) is 3.19. The van der Waals surface area contributed by atoms with Crippen LogP contribution in [0, 0.1) is 0 Å². The number of carboxylic acids is 1. The zero-order valence-electron chi connectivity index (χ0n) is 7.77. The summed E-state index contributed by atoms with van der Waals surface area (Å²) in [5.74, 6) is -1.76. The van der Waals surface area contributed by atoms with Crippen LogP contribution in [-0.4, -0.2) is 27.4 Å². The molecule has 6 heteroatoms. The smallest absolute Gasteiger partial charge is 0.312 e. The Labute approximate surface area is 86.5 Å². The topological polar surface area (TPSA) is 81.1 Å². The van der Waals surface area contributed by atoms with Gasteiger partial charge in [0.15, 0.2) is 0 Å². The van der Waals surface area contributed by atoms with Gasteiger partial charge in [-0.3, -0.25) is 9.48 Å². The normalized spacial score (nSPS) is 12.8. The summed E-state index contributed by atoms with van der Waals surface area (Å²) in [6.07, 6.45) is 1.46. The van der Waals surface area contributed by atoms with Crippen molar-refractivity contribution in [3.8, 4) is 0 Å². The van der Waals surface area contributed by atoms with Crippen LogP contribution < -0.4 is 5.73 Å². The summed E-state index contributed by atoms with van der Waals surface area (Å²) in [5.41, 5.74) is 5.82. The third-order valence-electron chi connectivity index (χ3n) is 2.01. The number of hydrogen-bond donors (Lipinski definition) is 2. The Bertz CT molecular complexity index is 337. The highest BCUT2D eigenvalue weighted by Gasteiger charge is 2.23. The molecule has 78 valence electrons. The van der Waals surface area contributed by atoms with E-state index in [1.54, 1.807) is 0 Å². The van der Waals surface area contributed by atoms with Gasteiger partial charge in [-0.2, -0.15) is 5.10 Å². The Balaban J connectivity index is 3.05. The molecule has 0 radical (unpaired) electrons. The summed E-state index contributed by atoms with van der Waals surface area (Å²) in [4.78, 5) is 10.8. The van der Waals surface area contributed by atoms with Crippen molar-refractivity contribution in [3.05, 3.63) is 16.9 Å². The predicted octanol–water partition coefficient (Wildman–Crippen LogP) is 0.683. The molecule has 5 nitrogen and oxygen atoms in total. The van der Waals surface area contributed by atoms with Gasteiger partial charge in [0.05, 0.1) is 12.1 Å².